The van der Waals surface area contributed by atoms with E-state index in [1.807, 2.05) is 0 Å². The normalized spacial score (nSPS) is 15.0. The highest BCUT2D eigenvalue weighted by atomic mass is 35.5. The lowest BCUT2D eigenvalue weighted by Crippen LogP contribution is -2.52. The second kappa shape index (κ2) is 13.2. The minimum absolute atomic E-state index is 0.0238. The van der Waals surface area contributed by atoms with Crippen molar-refractivity contribution in [1.29, 1.82) is 0 Å². The van der Waals surface area contributed by atoms with E-state index in [4.69, 9.17) is 39.5 Å². The summed E-state index contributed by atoms with van der Waals surface area (Å²) < 4.78 is 31.6. The van der Waals surface area contributed by atoms with Gasteiger partial charge in [-0.2, -0.15) is 0 Å². The molecule has 0 heterocycles. The van der Waals surface area contributed by atoms with E-state index in [0.717, 1.165) is 42.7 Å². The summed E-state index contributed by atoms with van der Waals surface area (Å²) in [5.41, 5.74) is 0.837. The third kappa shape index (κ3) is 7.91. The molecule has 0 bridgehead atoms. The van der Waals surface area contributed by atoms with E-state index in [1.165, 1.54) is 30.2 Å². The van der Waals surface area contributed by atoms with Gasteiger partial charge in [-0.15, -0.1) is 0 Å². The molecule has 0 unspecified atom stereocenters. The molecular weight excluding hydrogens is 573 g/mol. The summed E-state index contributed by atoms with van der Waals surface area (Å²) in [6.45, 7) is 1.11. The largest absolute Gasteiger partial charge is 0.495 e. The van der Waals surface area contributed by atoms with E-state index in [1.54, 1.807) is 25.1 Å². The summed E-state index contributed by atoms with van der Waals surface area (Å²) in [6, 6.07) is 8.55. The first kappa shape index (κ1) is 30.3. The number of sulfonamides is 1. The van der Waals surface area contributed by atoms with Crippen molar-refractivity contribution in [3.05, 3.63) is 57.0 Å². The molecule has 0 saturated heterocycles. The van der Waals surface area contributed by atoms with Gasteiger partial charge in [0.05, 0.1) is 34.1 Å². The first-order chi connectivity index (χ1) is 17.9. The van der Waals surface area contributed by atoms with Crippen LogP contribution >= 0.6 is 34.8 Å². The number of anilines is 1. The molecule has 1 N–H and O–H groups in total. The first-order valence-corrected chi connectivity index (χ1v) is 15.2. The standard InChI is InChI=1S/C26H32Cl3N3O5S/c1-17(26(34)30-19-7-5-4-6-8-19)31(15-18-9-11-21(27)22(28)13-18)25(33)16-32(38(3,35)36)20-10-12-24(37-2)23(29)14-20/h9-14,17,19H,4-8,15-16H2,1-3H3,(H,30,34)/t17-/m0/s1. The number of hydrogen-bond acceptors (Lipinski definition) is 5. The Balaban J connectivity index is 1.91. The van der Waals surface area contributed by atoms with E-state index in [-0.39, 0.29) is 29.2 Å². The molecule has 1 atom stereocenters. The van der Waals surface area contributed by atoms with E-state index in [9.17, 15) is 18.0 Å². The number of nitrogens with one attached hydrogen (secondary N) is 1. The quantitative estimate of drug-likeness (QED) is 0.398. The minimum Gasteiger partial charge on any atom is -0.495 e. The van der Waals surface area contributed by atoms with E-state index >= 15 is 0 Å². The molecule has 0 spiro atoms. The number of nitrogens with zero attached hydrogens (tertiary/aromatic N) is 2. The minimum atomic E-state index is -3.89. The van der Waals surface area contributed by atoms with Gasteiger partial charge in [0, 0.05) is 12.6 Å². The van der Waals surface area contributed by atoms with Gasteiger partial charge in [-0.25, -0.2) is 8.42 Å². The Labute approximate surface area is 239 Å². The fraction of sp³-hybridized carbons (Fsp3) is 0.462. The molecule has 1 saturated carbocycles. The van der Waals surface area contributed by atoms with Crippen molar-refractivity contribution < 1.29 is 22.7 Å². The zero-order valence-corrected chi connectivity index (χ0v) is 24.6. The van der Waals surface area contributed by atoms with Gasteiger partial charge >= 0.3 is 0 Å². The van der Waals surface area contributed by atoms with Crippen molar-refractivity contribution in [2.24, 2.45) is 0 Å². The number of benzene rings is 2. The third-order valence-corrected chi connectivity index (χ3v) is 8.73. The van der Waals surface area contributed by atoms with Crippen LogP contribution in [-0.4, -0.2) is 57.1 Å². The first-order valence-electron chi connectivity index (χ1n) is 12.3. The lowest BCUT2D eigenvalue weighted by atomic mass is 9.95. The van der Waals surface area contributed by atoms with Crippen LogP contribution in [0.25, 0.3) is 0 Å². The van der Waals surface area contributed by atoms with E-state index < -0.39 is 28.5 Å². The number of rotatable bonds is 10. The van der Waals surface area contributed by atoms with Gasteiger partial charge in [0.2, 0.25) is 21.8 Å². The SMILES string of the molecule is COc1ccc(N(CC(=O)N(Cc2ccc(Cl)c(Cl)c2)[C@@H](C)C(=O)NC2CCCCC2)S(C)(=O)=O)cc1Cl. The topological polar surface area (TPSA) is 96.0 Å². The van der Waals surface area contributed by atoms with Gasteiger partial charge in [-0.3, -0.25) is 13.9 Å². The van der Waals surface area contributed by atoms with Crippen molar-refractivity contribution >= 4 is 62.3 Å². The Morgan fingerprint density at radius 1 is 1.03 bits per heavy atom. The fourth-order valence-electron chi connectivity index (χ4n) is 4.41. The van der Waals surface area contributed by atoms with Gasteiger partial charge in [0.25, 0.3) is 0 Å². The van der Waals surface area contributed by atoms with Gasteiger partial charge in [-0.1, -0.05) is 60.1 Å². The molecule has 2 amide bonds. The fourth-order valence-corrected chi connectivity index (χ4v) is 5.82. The van der Waals surface area contributed by atoms with Gasteiger partial charge < -0.3 is 15.0 Å². The van der Waals surface area contributed by atoms with Gasteiger partial charge in [-0.05, 0) is 55.7 Å². The van der Waals surface area contributed by atoms with Crippen molar-refractivity contribution in [2.45, 2.75) is 57.7 Å². The Hall–Kier alpha value is -2.20. The molecule has 8 nitrogen and oxygen atoms in total. The molecule has 38 heavy (non-hydrogen) atoms. The van der Waals surface area contributed by atoms with Crippen molar-refractivity contribution in [3.63, 3.8) is 0 Å². The maximum absolute atomic E-state index is 13.7. The Morgan fingerprint density at radius 2 is 1.71 bits per heavy atom. The van der Waals surface area contributed by atoms with E-state index in [2.05, 4.69) is 5.32 Å². The maximum Gasteiger partial charge on any atom is 0.244 e. The summed E-state index contributed by atoms with van der Waals surface area (Å²) in [6.07, 6.45) is 6.00. The van der Waals surface area contributed by atoms with Crippen LogP contribution in [0.2, 0.25) is 15.1 Å². The highest BCUT2D eigenvalue weighted by Crippen LogP contribution is 2.30. The van der Waals surface area contributed by atoms with Crippen LogP contribution in [0, 0.1) is 0 Å². The molecule has 3 rings (SSSR count). The number of ether oxygens (including phenoxy) is 1. The molecule has 0 aromatic heterocycles. The molecule has 1 aliphatic rings. The van der Waals surface area contributed by atoms with Crippen LogP contribution in [-0.2, 0) is 26.2 Å². The predicted molar refractivity (Wildman–Crippen MR) is 152 cm³/mol. The zero-order chi connectivity index (χ0) is 28.0. The molecule has 2 aromatic carbocycles. The number of methoxy groups -OCH3 is 1. The summed E-state index contributed by atoms with van der Waals surface area (Å²) in [7, 11) is -2.45. The molecule has 1 aliphatic carbocycles. The summed E-state index contributed by atoms with van der Waals surface area (Å²) in [5.74, 6) is -0.507. The Bertz CT molecular complexity index is 1270. The summed E-state index contributed by atoms with van der Waals surface area (Å²) >= 11 is 18.5. The van der Waals surface area contributed by atoms with Gasteiger partial charge in [0.15, 0.2) is 0 Å². The molecule has 0 aliphatic heterocycles. The lowest BCUT2D eigenvalue weighted by molar-refractivity contribution is -0.139. The Kier molecular flexibility index (Phi) is 10.6. The van der Waals surface area contributed by atoms with Crippen LogP contribution in [0.5, 0.6) is 5.75 Å². The number of halogens is 3. The third-order valence-electron chi connectivity index (χ3n) is 6.56. The number of hydrogen-bond donors (Lipinski definition) is 1. The molecule has 1 fully saturated rings. The summed E-state index contributed by atoms with van der Waals surface area (Å²) in [4.78, 5) is 28.3. The van der Waals surface area contributed by atoms with Crippen molar-refractivity contribution in [1.82, 2.24) is 10.2 Å². The smallest absolute Gasteiger partial charge is 0.244 e. The van der Waals surface area contributed by atoms with Crippen molar-refractivity contribution in [2.75, 3.05) is 24.2 Å². The molecule has 208 valence electrons. The maximum atomic E-state index is 13.7. The van der Waals surface area contributed by atoms with Crippen LogP contribution in [0.1, 0.15) is 44.6 Å². The zero-order valence-electron chi connectivity index (χ0n) is 21.5. The van der Waals surface area contributed by atoms with Crippen LogP contribution in [0.4, 0.5) is 5.69 Å². The number of carbonyl (C=O) groups excluding carboxylic acids is 2. The monoisotopic (exact) mass is 603 g/mol. The molecule has 2 aromatic rings. The van der Waals surface area contributed by atoms with Gasteiger partial charge in [0.1, 0.15) is 18.3 Å². The number of amides is 2. The highest BCUT2D eigenvalue weighted by molar-refractivity contribution is 7.92. The van der Waals surface area contributed by atoms with Crippen LogP contribution in [0.3, 0.4) is 0 Å². The predicted octanol–water partition coefficient (Wildman–Crippen LogP) is 5.29. The lowest BCUT2D eigenvalue weighted by Gasteiger charge is -2.33. The second-order valence-electron chi connectivity index (χ2n) is 9.38. The highest BCUT2D eigenvalue weighted by Gasteiger charge is 2.31. The average molecular weight is 605 g/mol. The van der Waals surface area contributed by atoms with E-state index in [0.29, 0.717) is 21.4 Å². The molecule has 12 heteroatoms. The molecule has 0 radical (unpaired) electrons. The van der Waals surface area contributed by atoms with Crippen LogP contribution < -0.4 is 14.4 Å². The summed E-state index contributed by atoms with van der Waals surface area (Å²) in [5, 5.41) is 3.91. The van der Waals surface area contributed by atoms with Crippen LogP contribution in [0.15, 0.2) is 36.4 Å². The molecular formula is C26H32Cl3N3O5S. The average Bonchev–Trinajstić information content (AvgIpc) is 2.87. The van der Waals surface area contributed by atoms with Crippen molar-refractivity contribution in [3.8, 4) is 5.75 Å². The Morgan fingerprint density at radius 3 is 2.29 bits per heavy atom. The second-order valence-corrected chi connectivity index (χ2v) is 12.5. The number of carbonyl (C=O) groups is 2.